The molecule has 0 unspecified atom stereocenters. The molecule has 1 aliphatic carbocycles. The Morgan fingerprint density at radius 1 is 1.15 bits per heavy atom. The third-order valence-corrected chi connectivity index (χ3v) is 5.21. The van der Waals surface area contributed by atoms with E-state index in [0.717, 1.165) is 18.4 Å². The fourth-order valence-electron chi connectivity index (χ4n) is 3.67. The standard InChI is InChI=1S/C23H36O4/c1-5-6-7-8-9-10-11-20-13-12-19(4)21(20)15-17(2)14-18(3)16-23(26,27)22(24)25/h10-13,19-21,26-27H,5-9,15-16H2,1-4H3,(H,24,25)/t14?,19-,20-,21+/m0/s1. The van der Waals surface area contributed by atoms with Crippen LogP contribution in [0.1, 0.15) is 72.6 Å². The van der Waals surface area contributed by atoms with Crippen molar-refractivity contribution in [3.63, 3.8) is 0 Å². The Hall–Kier alpha value is -1.61. The molecule has 0 aromatic heterocycles. The number of allylic oxidation sites excluding steroid dienone is 4. The number of carboxylic acid groups (broad SMARTS) is 1. The van der Waals surface area contributed by atoms with Gasteiger partial charge in [0.2, 0.25) is 0 Å². The van der Waals surface area contributed by atoms with E-state index >= 15 is 0 Å². The van der Waals surface area contributed by atoms with Crippen LogP contribution in [-0.2, 0) is 4.79 Å². The van der Waals surface area contributed by atoms with Gasteiger partial charge in [0.1, 0.15) is 0 Å². The van der Waals surface area contributed by atoms with Crippen molar-refractivity contribution in [2.75, 3.05) is 0 Å². The monoisotopic (exact) mass is 376 g/mol. The molecule has 0 aromatic carbocycles. The molecule has 0 radical (unpaired) electrons. The van der Waals surface area contributed by atoms with Gasteiger partial charge in [0, 0.05) is 6.42 Å². The second-order valence-corrected chi connectivity index (χ2v) is 7.95. The molecule has 0 aromatic rings. The van der Waals surface area contributed by atoms with Crippen molar-refractivity contribution in [2.24, 2.45) is 17.8 Å². The first-order valence-corrected chi connectivity index (χ1v) is 10.1. The van der Waals surface area contributed by atoms with Gasteiger partial charge < -0.3 is 15.3 Å². The van der Waals surface area contributed by atoms with Crippen LogP contribution < -0.4 is 0 Å². The van der Waals surface area contributed by atoms with Crippen LogP contribution >= 0.6 is 0 Å². The predicted molar refractivity (Wildman–Crippen MR) is 109 cm³/mol. The summed E-state index contributed by atoms with van der Waals surface area (Å²) in [7, 11) is 0. The highest BCUT2D eigenvalue weighted by Crippen LogP contribution is 2.36. The molecular formula is C23H36O4. The highest BCUT2D eigenvalue weighted by Gasteiger charge is 2.33. The first-order chi connectivity index (χ1) is 12.7. The third-order valence-electron chi connectivity index (χ3n) is 5.21. The van der Waals surface area contributed by atoms with Crippen LogP contribution in [0.5, 0.6) is 0 Å². The van der Waals surface area contributed by atoms with Gasteiger partial charge in [-0.15, -0.1) is 5.73 Å². The summed E-state index contributed by atoms with van der Waals surface area (Å²) in [5, 5.41) is 27.8. The van der Waals surface area contributed by atoms with Crippen LogP contribution in [0, 0.1) is 17.8 Å². The summed E-state index contributed by atoms with van der Waals surface area (Å²) in [4.78, 5) is 10.8. The normalized spacial score (nSPS) is 22.2. The molecule has 152 valence electrons. The lowest BCUT2D eigenvalue weighted by atomic mass is 9.83. The zero-order chi connectivity index (χ0) is 20.4. The highest BCUT2D eigenvalue weighted by atomic mass is 16.5. The topological polar surface area (TPSA) is 77.8 Å². The van der Waals surface area contributed by atoms with Crippen LogP contribution in [0.15, 0.2) is 41.2 Å². The van der Waals surface area contributed by atoms with Crippen molar-refractivity contribution in [1.29, 1.82) is 0 Å². The van der Waals surface area contributed by atoms with Crippen LogP contribution in [0.2, 0.25) is 0 Å². The third kappa shape index (κ3) is 8.30. The van der Waals surface area contributed by atoms with E-state index in [-0.39, 0.29) is 6.42 Å². The molecule has 0 aliphatic heterocycles. The van der Waals surface area contributed by atoms with E-state index in [9.17, 15) is 15.0 Å². The van der Waals surface area contributed by atoms with Gasteiger partial charge >= 0.3 is 5.97 Å². The maximum Gasteiger partial charge on any atom is 0.364 e. The summed E-state index contributed by atoms with van der Waals surface area (Å²) in [6.45, 7) is 8.09. The second-order valence-electron chi connectivity index (χ2n) is 7.95. The molecule has 0 amide bonds. The van der Waals surface area contributed by atoms with Crippen LogP contribution in [0.25, 0.3) is 0 Å². The molecule has 0 spiro atoms. The molecule has 1 aliphatic rings. The molecule has 0 fully saturated rings. The number of unbranched alkanes of at least 4 members (excludes halogenated alkanes) is 4. The number of carbonyl (C=O) groups is 1. The van der Waals surface area contributed by atoms with Crippen molar-refractivity contribution in [3.05, 3.63) is 41.2 Å². The SMILES string of the molecule is CCCCCCC=C[C@H]1C=C[C@H](C)[C@H]1CC(C)=C=C(C)CC(O)(O)C(=O)O. The largest absolute Gasteiger partial charge is 0.477 e. The Labute approximate surface area is 164 Å². The molecule has 27 heavy (non-hydrogen) atoms. The maximum atomic E-state index is 10.8. The number of hydrogen-bond donors (Lipinski definition) is 3. The van der Waals surface area contributed by atoms with Crippen molar-refractivity contribution < 1.29 is 20.1 Å². The zero-order valence-electron chi connectivity index (χ0n) is 17.2. The average molecular weight is 377 g/mol. The van der Waals surface area contributed by atoms with Gasteiger partial charge in [-0.2, -0.15) is 0 Å². The van der Waals surface area contributed by atoms with Gasteiger partial charge in [-0.3, -0.25) is 0 Å². The number of aliphatic hydroxyl groups is 2. The van der Waals surface area contributed by atoms with Crippen LogP contribution in [-0.4, -0.2) is 27.1 Å². The number of hydrogen-bond acceptors (Lipinski definition) is 3. The van der Waals surface area contributed by atoms with Crippen molar-refractivity contribution in [1.82, 2.24) is 0 Å². The lowest BCUT2D eigenvalue weighted by Crippen LogP contribution is -2.38. The van der Waals surface area contributed by atoms with Crippen LogP contribution in [0.3, 0.4) is 0 Å². The summed E-state index contributed by atoms with van der Waals surface area (Å²) in [5.41, 5.74) is 4.69. The minimum Gasteiger partial charge on any atom is -0.477 e. The van der Waals surface area contributed by atoms with E-state index in [4.69, 9.17) is 5.11 Å². The lowest BCUT2D eigenvalue weighted by Gasteiger charge is -2.21. The molecule has 0 saturated carbocycles. The van der Waals surface area contributed by atoms with Crippen LogP contribution in [0.4, 0.5) is 0 Å². The Morgan fingerprint density at radius 2 is 1.85 bits per heavy atom. The smallest absolute Gasteiger partial charge is 0.364 e. The van der Waals surface area contributed by atoms with Crippen molar-refractivity contribution in [2.45, 2.75) is 78.4 Å². The fraction of sp³-hybridized carbons (Fsp3) is 0.652. The molecular weight excluding hydrogens is 340 g/mol. The Morgan fingerprint density at radius 3 is 2.48 bits per heavy atom. The Bertz CT molecular complexity index is 606. The summed E-state index contributed by atoms with van der Waals surface area (Å²) < 4.78 is 0. The zero-order valence-corrected chi connectivity index (χ0v) is 17.2. The summed E-state index contributed by atoms with van der Waals surface area (Å²) >= 11 is 0. The molecule has 1 rings (SSSR count). The van der Waals surface area contributed by atoms with E-state index < -0.39 is 11.8 Å². The van der Waals surface area contributed by atoms with E-state index in [1.165, 1.54) is 25.7 Å². The van der Waals surface area contributed by atoms with E-state index in [1.807, 2.05) is 6.92 Å². The molecule has 0 saturated heterocycles. The first kappa shape index (κ1) is 23.4. The van der Waals surface area contributed by atoms with E-state index in [0.29, 0.717) is 23.3 Å². The number of rotatable bonds is 11. The summed E-state index contributed by atoms with van der Waals surface area (Å²) in [5.74, 6) is -3.02. The fourth-order valence-corrected chi connectivity index (χ4v) is 3.67. The molecule has 3 N–H and O–H groups in total. The van der Waals surface area contributed by atoms with Gasteiger partial charge in [0.25, 0.3) is 5.79 Å². The van der Waals surface area contributed by atoms with Crippen molar-refractivity contribution >= 4 is 5.97 Å². The maximum absolute atomic E-state index is 10.8. The molecule has 0 heterocycles. The van der Waals surface area contributed by atoms with E-state index in [1.54, 1.807) is 6.92 Å². The number of aliphatic carboxylic acids is 1. The minimum atomic E-state index is -2.73. The van der Waals surface area contributed by atoms with Gasteiger partial charge in [0.05, 0.1) is 0 Å². The second kappa shape index (κ2) is 11.3. The van der Waals surface area contributed by atoms with Gasteiger partial charge in [0.15, 0.2) is 0 Å². The molecule has 3 atom stereocenters. The molecule has 0 bridgehead atoms. The lowest BCUT2D eigenvalue weighted by molar-refractivity contribution is -0.202. The van der Waals surface area contributed by atoms with Gasteiger partial charge in [-0.25, -0.2) is 4.79 Å². The average Bonchev–Trinajstić information content (AvgIpc) is 2.90. The van der Waals surface area contributed by atoms with Gasteiger partial charge in [-0.05, 0) is 62.0 Å². The van der Waals surface area contributed by atoms with Gasteiger partial charge in [-0.1, -0.05) is 57.4 Å². The Kier molecular flexibility index (Phi) is 9.79. The van der Waals surface area contributed by atoms with E-state index in [2.05, 4.69) is 43.9 Å². The molecule has 4 nitrogen and oxygen atoms in total. The first-order valence-electron chi connectivity index (χ1n) is 10.1. The summed E-state index contributed by atoms with van der Waals surface area (Å²) in [6.07, 6.45) is 15.9. The molecule has 4 heteroatoms. The minimum absolute atomic E-state index is 0.348. The highest BCUT2D eigenvalue weighted by molar-refractivity contribution is 5.75. The Balaban J connectivity index is 2.69. The predicted octanol–water partition coefficient (Wildman–Crippen LogP) is 4.99. The summed E-state index contributed by atoms with van der Waals surface area (Å²) in [6, 6.07) is 0. The number of carboxylic acids is 1. The quantitative estimate of drug-likeness (QED) is 0.205. The van der Waals surface area contributed by atoms with Crippen molar-refractivity contribution in [3.8, 4) is 0 Å².